The second kappa shape index (κ2) is 6.28. The molecule has 0 fully saturated rings. The van der Waals surface area contributed by atoms with Gasteiger partial charge in [0, 0.05) is 19.0 Å². The maximum atomic E-state index is 10.9. The van der Waals surface area contributed by atoms with Crippen LogP contribution in [0.4, 0.5) is 0 Å². The van der Waals surface area contributed by atoms with Gasteiger partial charge in [-0.1, -0.05) is 23.8 Å². The molecular formula is C13H17NO4. The van der Waals surface area contributed by atoms with Crippen LogP contribution >= 0.6 is 0 Å². The Bertz CT molecular complexity index is 445. The van der Waals surface area contributed by atoms with E-state index in [1.807, 2.05) is 6.92 Å². The zero-order chi connectivity index (χ0) is 13.7. The van der Waals surface area contributed by atoms with E-state index in [-0.39, 0.29) is 12.5 Å². The zero-order valence-corrected chi connectivity index (χ0v) is 10.4. The number of carbonyl (C=O) groups is 2. The van der Waals surface area contributed by atoms with E-state index in [1.54, 1.807) is 18.2 Å². The molecule has 0 bridgehead atoms. The number of hydrogen-bond donors (Lipinski definition) is 3. The van der Waals surface area contributed by atoms with E-state index < -0.39 is 12.2 Å². The van der Waals surface area contributed by atoms with Crippen LogP contribution < -0.4 is 5.32 Å². The number of aliphatic hydroxyl groups excluding tert-OH is 2. The molecule has 0 heterocycles. The van der Waals surface area contributed by atoms with Crippen LogP contribution in [0.25, 0.3) is 0 Å². The number of benzene rings is 1. The highest BCUT2D eigenvalue weighted by Crippen LogP contribution is 2.21. The number of hydrogen-bond acceptors (Lipinski definition) is 4. The van der Waals surface area contributed by atoms with Gasteiger partial charge in [0.2, 0.25) is 5.91 Å². The topological polar surface area (TPSA) is 86.6 Å². The molecule has 2 unspecified atom stereocenters. The van der Waals surface area contributed by atoms with Crippen LogP contribution in [0.5, 0.6) is 0 Å². The van der Waals surface area contributed by atoms with Crippen LogP contribution in [0.3, 0.4) is 0 Å². The fourth-order valence-corrected chi connectivity index (χ4v) is 1.62. The third-order valence-corrected chi connectivity index (χ3v) is 2.61. The molecule has 0 spiro atoms. The largest absolute Gasteiger partial charge is 0.388 e. The van der Waals surface area contributed by atoms with Crippen LogP contribution in [0.15, 0.2) is 18.2 Å². The average Bonchev–Trinajstić information content (AvgIpc) is 2.34. The van der Waals surface area contributed by atoms with Crippen molar-refractivity contribution in [1.29, 1.82) is 0 Å². The SMILES string of the molecule is CC(=O)NCC(O)C(O)c1cc(C)ccc1C=O. The molecule has 0 radical (unpaired) electrons. The van der Waals surface area contributed by atoms with E-state index in [0.29, 0.717) is 17.4 Å². The number of aliphatic hydroxyl groups is 2. The van der Waals surface area contributed by atoms with Crippen molar-refractivity contribution in [3.8, 4) is 0 Å². The van der Waals surface area contributed by atoms with Gasteiger partial charge in [-0.25, -0.2) is 0 Å². The third-order valence-electron chi connectivity index (χ3n) is 2.61. The summed E-state index contributed by atoms with van der Waals surface area (Å²) in [6, 6.07) is 4.98. The van der Waals surface area contributed by atoms with Gasteiger partial charge in [0.1, 0.15) is 18.5 Å². The Morgan fingerprint density at radius 1 is 1.44 bits per heavy atom. The van der Waals surface area contributed by atoms with E-state index in [0.717, 1.165) is 5.56 Å². The van der Waals surface area contributed by atoms with Crippen molar-refractivity contribution in [2.45, 2.75) is 26.1 Å². The second-order valence-corrected chi connectivity index (χ2v) is 4.20. The lowest BCUT2D eigenvalue weighted by Gasteiger charge is -2.20. The molecule has 0 saturated heterocycles. The molecule has 18 heavy (non-hydrogen) atoms. The smallest absolute Gasteiger partial charge is 0.216 e. The molecule has 0 aromatic heterocycles. The van der Waals surface area contributed by atoms with E-state index in [4.69, 9.17) is 0 Å². The highest BCUT2D eigenvalue weighted by atomic mass is 16.3. The minimum atomic E-state index is -1.21. The fourth-order valence-electron chi connectivity index (χ4n) is 1.62. The molecule has 0 saturated carbocycles. The maximum Gasteiger partial charge on any atom is 0.216 e. The fraction of sp³-hybridized carbons (Fsp3) is 0.385. The van der Waals surface area contributed by atoms with E-state index in [2.05, 4.69) is 5.32 Å². The molecule has 0 aliphatic carbocycles. The average molecular weight is 251 g/mol. The first-order chi connectivity index (χ1) is 8.45. The minimum Gasteiger partial charge on any atom is -0.388 e. The first-order valence-corrected chi connectivity index (χ1v) is 5.62. The Balaban J connectivity index is 2.88. The van der Waals surface area contributed by atoms with Crippen LogP contribution in [-0.2, 0) is 4.79 Å². The number of nitrogens with one attached hydrogen (secondary N) is 1. The Morgan fingerprint density at radius 3 is 2.67 bits per heavy atom. The lowest BCUT2D eigenvalue weighted by Crippen LogP contribution is -2.34. The Labute approximate surface area is 105 Å². The number of rotatable bonds is 5. The predicted molar refractivity (Wildman–Crippen MR) is 66.2 cm³/mol. The van der Waals surface area contributed by atoms with Crippen molar-refractivity contribution in [3.05, 3.63) is 34.9 Å². The van der Waals surface area contributed by atoms with E-state index >= 15 is 0 Å². The third kappa shape index (κ3) is 3.65. The minimum absolute atomic E-state index is 0.0667. The van der Waals surface area contributed by atoms with Gasteiger partial charge in [-0.05, 0) is 12.5 Å². The maximum absolute atomic E-state index is 10.9. The van der Waals surface area contributed by atoms with E-state index in [9.17, 15) is 19.8 Å². The Hall–Kier alpha value is -1.72. The Kier molecular flexibility index (Phi) is 5.00. The molecule has 5 heteroatoms. The summed E-state index contributed by atoms with van der Waals surface area (Å²) in [5.41, 5.74) is 1.57. The zero-order valence-electron chi connectivity index (χ0n) is 10.4. The summed E-state index contributed by atoms with van der Waals surface area (Å²) in [6.45, 7) is 3.08. The van der Waals surface area contributed by atoms with Gasteiger partial charge < -0.3 is 15.5 Å². The van der Waals surface area contributed by atoms with Gasteiger partial charge in [-0.15, -0.1) is 0 Å². The van der Waals surface area contributed by atoms with Crippen molar-refractivity contribution in [2.24, 2.45) is 0 Å². The molecule has 98 valence electrons. The molecule has 1 aromatic rings. The van der Waals surface area contributed by atoms with Crippen molar-refractivity contribution in [3.63, 3.8) is 0 Å². The molecule has 1 aromatic carbocycles. The van der Waals surface area contributed by atoms with Gasteiger partial charge in [-0.3, -0.25) is 9.59 Å². The summed E-state index contributed by atoms with van der Waals surface area (Å²) in [7, 11) is 0. The summed E-state index contributed by atoms with van der Waals surface area (Å²) in [5.74, 6) is -0.291. The normalized spacial score (nSPS) is 13.8. The lowest BCUT2D eigenvalue weighted by atomic mass is 9.97. The molecule has 1 amide bonds. The number of carbonyl (C=O) groups excluding carboxylic acids is 2. The van der Waals surface area contributed by atoms with Crippen LogP contribution in [-0.4, -0.2) is 35.1 Å². The standard InChI is InChI=1S/C13H17NO4/c1-8-3-4-10(7-15)11(5-8)13(18)12(17)6-14-9(2)16/h3-5,7,12-13,17-18H,6H2,1-2H3,(H,14,16). The summed E-state index contributed by atoms with van der Waals surface area (Å²) in [6.07, 6.45) is -1.74. The van der Waals surface area contributed by atoms with Crippen molar-refractivity contribution in [1.82, 2.24) is 5.32 Å². The summed E-state index contributed by atoms with van der Waals surface area (Å²) in [4.78, 5) is 21.6. The summed E-state index contributed by atoms with van der Waals surface area (Å²) in [5, 5.41) is 22.1. The molecule has 2 atom stereocenters. The summed E-state index contributed by atoms with van der Waals surface area (Å²) < 4.78 is 0. The number of amides is 1. The highest BCUT2D eigenvalue weighted by molar-refractivity contribution is 5.77. The first kappa shape index (κ1) is 14.3. The lowest BCUT2D eigenvalue weighted by molar-refractivity contribution is -0.119. The second-order valence-electron chi connectivity index (χ2n) is 4.20. The van der Waals surface area contributed by atoms with Gasteiger partial charge in [0.05, 0.1) is 0 Å². The van der Waals surface area contributed by atoms with Crippen molar-refractivity contribution in [2.75, 3.05) is 6.54 Å². The van der Waals surface area contributed by atoms with Gasteiger partial charge in [-0.2, -0.15) is 0 Å². The van der Waals surface area contributed by atoms with Crippen molar-refractivity contribution >= 4 is 12.2 Å². The first-order valence-electron chi connectivity index (χ1n) is 5.62. The molecule has 1 rings (SSSR count). The molecule has 0 aliphatic heterocycles. The highest BCUT2D eigenvalue weighted by Gasteiger charge is 2.21. The molecule has 3 N–H and O–H groups in total. The number of aldehydes is 1. The number of aryl methyl sites for hydroxylation is 1. The molecule has 0 aliphatic rings. The quantitative estimate of drug-likeness (QED) is 0.658. The monoisotopic (exact) mass is 251 g/mol. The van der Waals surface area contributed by atoms with Gasteiger partial charge >= 0.3 is 0 Å². The van der Waals surface area contributed by atoms with Crippen LogP contribution in [0.1, 0.15) is 34.5 Å². The summed E-state index contributed by atoms with van der Waals surface area (Å²) >= 11 is 0. The van der Waals surface area contributed by atoms with Crippen LogP contribution in [0.2, 0.25) is 0 Å². The van der Waals surface area contributed by atoms with Crippen LogP contribution in [0, 0.1) is 6.92 Å². The van der Waals surface area contributed by atoms with Gasteiger partial charge in [0.25, 0.3) is 0 Å². The predicted octanol–water partition coefficient (Wildman–Crippen LogP) is 0.338. The Morgan fingerprint density at radius 2 is 2.11 bits per heavy atom. The van der Waals surface area contributed by atoms with Gasteiger partial charge in [0.15, 0.2) is 0 Å². The van der Waals surface area contributed by atoms with Crippen molar-refractivity contribution < 1.29 is 19.8 Å². The van der Waals surface area contributed by atoms with E-state index in [1.165, 1.54) is 6.92 Å². The molecular weight excluding hydrogens is 234 g/mol. The molecule has 5 nitrogen and oxygen atoms in total.